The Balaban J connectivity index is -0.00000000750. The monoisotopic (exact) mass is 278 g/mol. The van der Waals surface area contributed by atoms with Crippen molar-refractivity contribution in [2.75, 3.05) is 14.1 Å². The van der Waals surface area contributed by atoms with Gasteiger partial charge in [-0.1, -0.05) is 0 Å². The molecule has 0 aliphatic rings. The van der Waals surface area contributed by atoms with Gasteiger partial charge in [-0.15, -0.1) is 49.6 Å². The van der Waals surface area contributed by atoms with Gasteiger partial charge in [0.15, 0.2) is 0 Å². The van der Waals surface area contributed by atoms with E-state index in [4.69, 9.17) is 0 Å². The maximum atomic E-state index is 2.09. The molecule has 0 aromatic carbocycles. The fraction of sp³-hybridized carbons (Fsp3) is 1.00. The van der Waals surface area contributed by atoms with Crippen LogP contribution >= 0.6 is 49.6 Å². The summed E-state index contributed by atoms with van der Waals surface area (Å²) in [6.07, 6.45) is 0. The Morgan fingerprint density at radius 2 is 0.875 bits per heavy atom. The van der Waals surface area contributed by atoms with E-state index < -0.39 is 0 Å². The van der Waals surface area contributed by atoms with Crippen molar-refractivity contribution >= 4 is 49.6 Å². The Kier molecular flexibility index (Phi) is 93.3. The van der Waals surface area contributed by atoms with Crippen molar-refractivity contribution in [2.24, 2.45) is 0 Å². The Labute approximate surface area is 90.8 Å². The third kappa shape index (κ3) is 97.8. The SMILES string of the molecule is C[N](C)[Zr].Cl.Cl.Cl.Cl. The summed E-state index contributed by atoms with van der Waals surface area (Å²) in [7, 11) is 4.08. The molecule has 0 rings (SSSR count). The zero-order valence-electron chi connectivity index (χ0n) is 4.58. The van der Waals surface area contributed by atoms with E-state index in [2.05, 4.69) is 2.84 Å². The minimum atomic E-state index is 0. The van der Waals surface area contributed by atoms with Crippen molar-refractivity contribution in [2.45, 2.75) is 0 Å². The second-order valence-corrected chi connectivity index (χ2v) is 3.09. The van der Waals surface area contributed by atoms with E-state index in [-0.39, 0.29) is 49.6 Å². The first-order valence-corrected chi connectivity index (χ1v) is 2.22. The summed E-state index contributed by atoms with van der Waals surface area (Å²) in [4.78, 5) is 0. The number of rotatable bonds is 0. The third-order valence-electron chi connectivity index (χ3n) is 0. The molecular weight excluding hydrogens is 271 g/mol. The molecule has 0 aliphatic carbocycles. The zero-order chi connectivity index (χ0) is 3.58. The molecule has 0 N–H and O–H groups in total. The van der Waals surface area contributed by atoms with Crippen LogP contribution in [0.5, 0.6) is 0 Å². The zero-order valence-corrected chi connectivity index (χ0v) is 10.3. The molecule has 6 heteroatoms. The Morgan fingerprint density at radius 3 is 0.875 bits per heavy atom. The van der Waals surface area contributed by atoms with Gasteiger partial charge in [-0.05, 0) is 0 Å². The standard InChI is InChI=1S/C2H6N.4ClH.Zr/c1-3-2;;;;;/h1-2H3;4*1H;/q-1;;;;;+1. The van der Waals surface area contributed by atoms with Gasteiger partial charge < -0.3 is 0 Å². The Hall–Kier alpha value is 2.00. The van der Waals surface area contributed by atoms with Crippen LogP contribution in [0.1, 0.15) is 0 Å². The van der Waals surface area contributed by atoms with E-state index in [1.165, 1.54) is 25.0 Å². The minimum Gasteiger partial charge on any atom is -0.147 e. The topological polar surface area (TPSA) is 3.24 Å². The van der Waals surface area contributed by atoms with Crippen molar-refractivity contribution < 1.29 is 25.0 Å². The third-order valence-corrected chi connectivity index (χ3v) is 0. The first-order valence-electron chi connectivity index (χ1n) is 1.12. The minimum absolute atomic E-state index is 0. The molecule has 0 heterocycles. The van der Waals surface area contributed by atoms with Gasteiger partial charge in [-0.3, -0.25) is 0 Å². The molecule has 0 amide bonds. The van der Waals surface area contributed by atoms with Crippen LogP contribution in [-0.2, 0) is 25.0 Å². The van der Waals surface area contributed by atoms with Gasteiger partial charge in [0.05, 0.1) is 0 Å². The largest absolute Gasteiger partial charge is 0.147 e. The van der Waals surface area contributed by atoms with Gasteiger partial charge >= 0.3 is 41.9 Å². The number of nitrogens with zero attached hydrogens (tertiary/aromatic N) is 1. The fourth-order valence-corrected chi connectivity index (χ4v) is 0. The summed E-state index contributed by atoms with van der Waals surface area (Å²) in [6, 6.07) is 0. The smallest absolute Gasteiger partial charge is 0.147 e. The molecule has 0 spiro atoms. The van der Waals surface area contributed by atoms with E-state index in [0.29, 0.717) is 0 Å². The van der Waals surface area contributed by atoms with Crippen molar-refractivity contribution in [3.05, 3.63) is 0 Å². The average Bonchev–Trinajstić information content (AvgIpc) is 0.811. The van der Waals surface area contributed by atoms with E-state index >= 15 is 0 Å². The van der Waals surface area contributed by atoms with Crippen LogP contribution in [-0.4, -0.2) is 16.9 Å². The van der Waals surface area contributed by atoms with E-state index in [0.717, 1.165) is 0 Å². The molecule has 0 saturated heterocycles. The van der Waals surface area contributed by atoms with Crippen molar-refractivity contribution in [3.8, 4) is 0 Å². The number of halogens is 4. The summed E-state index contributed by atoms with van der Waals surface area (Å²) in [5.41, 5.74) is 0. The van der Waals surface area contributed by atoms with Gasteiger partial charge in [-0.25, -0.2) is 0 Å². The van der Waals surface area contributed by atoms with Gasteiger partial charge in [-0.2, -0.15) is 0 Å². The molecule has 0 aliphatic heterocycles. The van der Waals surface area contributed by atoms with Crippen LogP contribution in [0.15, 0.2) is 0 Å². The molecular formula is C2H10Cl4NZr. The Morgan fingerprint density at radius 1 is 0.875 bits per heavy atom. The fourth-order valence-electron chi connectivity index (χ4n) is 0. The summed E-state index contributed by atoms with van der Waals surface area (Å²) in [5.74, 6) is 0. The van der Waals surface area contributed by atoms with Crippen molar-refractivity contribution in [1.29, 1.82) is 0 Å². The maximum absolute atomic E-state index is 2.09. The summed E-state index contributed by atoms with van der Waals surface area (Å²) < 4.78 is 2.09. The van der Waals surface area contributed by atoms with Gasteiger partial charge in [0.25, 0.3) is 0 Å². The number of hydrogen-bond acceptors (Lipinski definition) is 1. The molecule has 0 bridgehead atoms. The maximum Gasteiger partial charge on any atom is -0.147 e. The second-order valence-electron chi connectivity index (χ2n) is 0.894. The normalized spacial score (nSPS) is 4.25. The van der Waals surface area contributed by atoms with Crippen molar-refractivity contribution in [1.82, 2.24) is 2.84 Å². The molecule has 0 aromatic heterocycles. The van der Waals surface area contributed by atoms with Crippen molar-refractivity contribution in [3.63, 3.8) is 0 Å². The van der Waals surface area contributed by atoms with E-state index in [1.54, 1.807) is 0 Å². The molecule has 55 valence electrons. The van der Waals surface area contributed by atoms with Crippen LogP contribution in [0.25, 0.3) is 0 Å². The second kappa shape index (κ2) is 23.0. The van der Waals surface area contributed by atoms with Gasteiger partial charge in [0, 0.05) is 0 Å². The quantitative estimate of drug-likeness (QED) is 0.653. The molecule has 1 nitrogen and oxygen atoms in total. The molecule has 0 aromatic rings. The summed E-state index contributed by atoms with van der Waals surface area (Å²) in [5, 5.41) is 0. The van der Waals surface area contributed by atoms with Gasteiger partial charge in [0.1, 0.15) is 0 Å². The first kappa shape index (κ1) is 32.4. The van der Waals surface area contributed by atoms with Crippen LogP contribution in [0.3, 0.4) is 0 Å². The first-order chi connectivity index (χ1) is 1.73. The van der Waals surface area contributed by atoms with Crippen LogP contribution in [0, 0.1) is 0 Å². The molecule has 0 fully saturated rings. The Bertz CT molecular complexity index is 18.8. The predicted octanol–water partition coefficient (Wildman–Crippen LogP) is 1.70. The van der Waals surface area contributed by atoms with Gasteiger partial charge in [0.2, 0.25) is 0 Å². The molecule has 0 atom stereocenters. The molecule has 0 saturated carbocycles. The summed E-state index contributed by atoms with van der Waals surface area (Å²) in [6.45, 7) is 0. The van der Waals surface area contributed by atoms with E-state index in [1.807, 2.05) is 14.1 Å². The molecule has 8 heavy (non-hydrogen) atoms. The average molecular weight is 281 g/mol. The molecule has 0 unspecified atom stereocenters. The predicted molar refractivity (Wildman–Crippen MR) is 42.7 cm³/mol. The van der Waals surface area contributed by atoms with Crippen LogP contribution in [0.4, 0.5) is 0 Å². The summed E-state index contributed by atoms with van der Waals surface area (Å²) >= 11 is 1.47. The van der Waals surface area contributed by atoms with Crippen LogP contribution < -0.4 is 0 Å². The number of hydrogen-bond donors (Lipinski definition) is 0. The van der Waals surface area contributed by atoms with Crippen LogP contribution in [0.2, 0.25) is 0 Å². The van der Waals surface area contributed by atoms with E-state index in [9.17, 15) is 0 Å². The molecule has 0 radical (unpaired) electrons.